The molecule has 0 heterocycles. The molecule has 136 valence electrons. The molecule has 0 N–H and O–H groups in total. The van der Waals surface area contributed by atoms with Gasteiger partial charge in [0.1, 0.15) is 5.75 Å². The zero-order valence-corrected chi connectivity index (χ0v) is 15.7. The van der Waals surface area contributed by atoms with Crippen LogP contribution in [0.15, 0.2) is 36.4 Å². The molecule has 6 heteroatoms. The first-order chi connectivity index (χ1) is 11.7. The summed E-state index contributed by atoms with van der Waals surface area (Å²) in [5.41, 5.74) is 1.88. The molecule has 0 spiro atoms. The Bertz CT molecular complexity index is 729. The number of aryl methyl sites for hydroxylation is 2. The molecule has 2 aromatic carbocycles. The topological polar surface area (TPSA) is 18.5 Å². The molecule has 0 amide bonds. The van der Waals surface area contributed by atoms with Crippen LogP contribution in [0.1, 0.15) is 34.8 Å². The Hall–Kier alpha value is -1.58. The van der Waals surface area contributed by atoms with Crippen molar-refractivity contribution in [3.8, 4) is 5.75 Å². The van der Waals surface area contributed by atoms with Gasteiger partial charge in [0.05, 0.1) is 5.56 Å². The minimum atomic E-state index is -4.35. The molecule has 0 fully saturated rings. The third-order valence-corrected chi connectivity index (χ3v) is 5.31. The van der Waals surface area contributed by atoms with Crippen molar-refractivity contribution in [2.24, 2.45) is 0 Å². The van der Waals surface area contributed by atoms with E-state index in [9.17, 15) is 13.2 Å². The van der Waals surface area contributed by atoms with Crippen molar-refractivity contribution < 1.29 is 22.6 Å². The first kappa shape index (κ1) is 19.7. The predicted molar refractivity (Wildman–Crippen MR) is 96.2 cm³/mol. The first-order valence-electron chi connectivity index (χ1n) is 7.89. The summed E-state index contributed by atoms with van der Waals surface area (Å²) in [6.07, 6.45) is -4.35. The van der Waals surface area contributed by atoms with Crippen molar-refractivity contribution in [2.45, 2.75) is 32.6 Å². The number of hydrogen-bond donors (Lipinski definition) is 0. The fraction of sp³-hybridized carbons (Fsp3) is 0.368. The molecule has 25 heavy (non-hydrogen) atoms. The van der Waals surface area contributed by atoms with Gasteiger partial charge >= 0.3 is 6.18 Å². The molecule has 2 nitrogen and oxygen atoms in total. The van der Waals surface area contributed by atoms with E-state index in [4.69, 9.17) is 9.47 Å². The van der Waals surface area contributed by atoms with Crippen molar-refractivity contribution >= 4 is 13.9 Å². The van der Waals surface area contributed by atoms with Gasteiger partial charge in [0.15, 0.2) is 6.79 Å². The maximum atomic E-state index is 13.4. The van der Waals surface area contributed by atoms with Crippen LogP contribution in [0, 0.1) is 13.8 Å². The molecule has 2 unspecified atom stereocenters. The van der Waals surface area contributed by atoms with Crippen LogP contribution < -0.4 is 10.0 Å². The van der Waals surface area contributed by atoms with Gasteiger partial charge < -0.3 is 9.47 Å². The second-order valence-electron chi connectivity index (χ2n) is 6.00. The van der Waals surface area contributed by atoms with Crippen LogP contribution in [0.3, 0.4) is 0 Å². The minimum Gasteiger partial charge on any atom is -0.467 e. The van der Waals surface area contributed by atoms with Crippen LogP contribution in [-0.2, 0) is 10.9 Å². The summed E-state index contributed by atoms with van der Waals surface area (Å²) < 4.78 is 50.6. The summed E-state index contributed by atoms with van der Waals surface area (Å²) >= 11 is 0. The summed E-state index contributed by atoms with van der Waals surface area (Å²) in [6, 6.07) is 10.2. The molecule has 2 aromatic rings. The van der Waals surface area contributed by atoms with Gasteiger partial charge in [-0.3, -0.25) is 0 Å². The zero-order valence-electron chi connectivity index (χ0n) is 14.7. The maximum Gasteiger partial charge on any atom is 0.417 e. The second kappa shape index (κ2) is 8.20. The van der Waals surface area contributed by atoms with E-state index in [0.717, 1.165) is 11.1 Å². The van der Waals surface area contributed by atoms with Gasteiger partial charge in [0.25, 0.3) is 0 Å². The van der Waals surface area contributed by atoms with Gasteiger partial charge in [0.2, 0.25) is 0 Å². The van der Waals surface area contributed by atoms with Gasteiger partial charge in [-0.15, -0.1) is 0 Å². The van der Waals surface area contributed by atoms with E-state index in [0.29, 0.717) is 16.6 Å². The number of alkyl halides is 3. The van der Waals surface area contributed by atoms with Crippen molar-refractivity contribution in [2.75, 3.05) is 13.9 Å². The van der Waals surface area contributed by atoms with Crippen LogP contribution in [0.5, 0.6) is 5.75 Å². The molecule has 0 aliphatic rings. The van der Waals surface area contributed by atoms with E-state index < -0.39 is 11.7 Å². The number of ether oxygens (including phenoxy) is 2. The highest BCUT2D eigenvalue weighted by Gasteiger charge is 2.33. The lowest BCUT2D eigenvalue weighted by Gasteiger charge is -2.20. The number of rotatable bonds is 6. The third-order valence-electron chi connectivity index (χ3n) is 3.82. The molecule has 0 saturated carbocycles. The van der Waals surface area contributed by atoms with E-state index in [-0.39, 0.29) is 21.0 Å². The van der Waals surface area contributed by atoms with Crippen LogP contribution in [0.2, 0.25) is 0 Å². The van der Waals surface area contributed by atoms with Crippen LogP contribution in [0.4, 0.5) is 13.2 Å². The Labute approximate surface area is 148 Å². The molecule has 0 bridgehead atoms. The third kappa shape index (κ3) is 5.20. The van der Waals surface area contributed by atoms with E-state index in [1.54, 1.807) is 19.1 Å². The van der Waals surface area contributed by atoms with E-state index in [2.05, 4.69) is 0 Å². The van der Waals surface area contributed by atoms with E-state index >= 15 is 0 Å². The number of hydrogen-bond acceptors (Lipinski definition) is 2. The fourth-order valence-electron chi connectivity index (χ4n) is 2.59. The molecular formula is C19H22F3O2P. The summed E-state index contributed by atoms with van der Waals surface area (Å²) in [6.45, 7) is 5.65. The first-order valence-corrected chi connectivity index (χ1v) is 8.96. The molecule has 0 aliphatic carbocycles. The average Bonchev–Trinajstić information content (AvgIpc) is 2.54. The lowest BCUT2D eigenvalue weighted by Crippen LogP contribution is -2.17. The van der Waals surface area contributed by atoms with Crippen molar-refractivity contribution in [3.05, 3.63) is 58.7 Å². The largest absolute Gasteiger partial charge is 0.467 e. The van der Waals surface area contributed by atoms with E-state index in [1.165, 1.54) is 13.2 Å². The number of methoxy groups -OCH3 is 1. The number of benzene rings is 2. The molecule has 2 atom stereocenters. The standard InChI is InChI=1S/C19H22F3O2P/c1-12-5-7-17(24-11-23-4)15(9-12)14(3)25-18-8-6-13(2)10-16(18)19(20,21)22/h5-10,14,25H,11H2,1-4H3. The molecule has 0 aliphatic heterocycles. The summed E-state index contributed by atoms with van der Waals surface area (Å²) in [5.74, 6) is 0.646. The summed E-state index contributed by atoms with van der Waals surface area (Å²) in [5, 5.41) is 0.324. The SMILES string of the molecule is COCOc1ccc(C)cc1C(C)Pc1ccc(C)cc1C(F)(F)F. The Balaban J connectivity index is 2.34. The second-order valence-corrected chi connectivity index (χ2v) is 7.70. The highest BCUT2D eigenvalue weighted by Crippen LogP contribution is 2.41. The smallest absolute Gasteiger partial charge is 0.417 e. The van der Waals surface area contributed by atoms with Gasteiger partial charge in [-0.05, 0) is 31.3 Å². The summed E-state index contributed by atoms with van der Waals surface area (Å²) in [7, 11) is 1.51. The van der Waals surface area contributed by atoms with Gasteiger partial charge in [-0.1, -0.05) is 50.9 Å². The molecule has 0 radical (unpaired) electrons. The average molecular weight is 370 g/mol. The molecular weight excluding hydrogens is 348 g/mol. The van der Waals surface area contributed by atoms with Crippen molar-refractivity contribution in [1.29, 1.82) is 0 Å². The predicted octanol–water partition coefficient (Wildman–Crippen LogP) is 5.37. The van der Waals surface area contributed by atoms with Gasteiger partial charge in [-0.2, -0.15) is 13.2 Å². The minimum absolute atomic E-state index is 0.0186. The Morgan fingerprint density at radius 3 is 2.32 bits per heavy atom. The molecule has 2 rings (SSSR count). The van der Waals surface area contributed by atoms with Crippen LogP contribution in [0.25, 0.3) is 0 Å². The quantitative estimate of drug-likeness (QED) is 0.503. The lowest BCUT2D eigenvalue weighted by atomic mass is 10.1. The zero-order chi connectivity index (χ0) is 18.6. The highest BCUT2D eigenvalue weighted by atomic mass is 31.1. The molecule has 0 saturated heterocycles. The fourth-order valence-corrected chi connectivity index (χ4v) is 3.99. The number of halogens is 3. The van der Waals surface area contributed by atoms with Gasteiger partial charge in [0, 0.05) is 18.3 Å². The Morgan fingerprint density at radius 1 is 1.04 bits per heavy atom. The summed E-state index contributed by atoms with van der Waals surface area (Å²) in [4.78, 5) is 0. The normalized spacial score (nSPS) is 13.4. The maximum absolute atomic E-state index is 13.4. The van der Waals surface area contributed by atoms with Crippen molar-refractivity contribution in [3.63, 3.8) is 0 Å². The lowest BCUT2D eigenvalue weighted by molar-refractivity contribution is -0.136. The van der Waals surface area contributed by atoms with Gasteiger partial charge in [-0.25, -0.2) is 0 Å². The van der Waals surface area contributed by atoms with Crippen LogP contribution in [-0.4, -0.2) is 13.9 Å². The monoisotopic (exact) mass is 370 g/mol. The van der Waals surface area contributed by atoms with Crippen LogP contribution >= 0.6 is 8.58 Å². The Morgan fingerprint density at radius 2 is 1.68 bits per heavy atom. The highest BCUT2D eigenvalue weighted by molar-refractivity contribution is 7.47. The molecule has 0 aromatic heterocycles. The van der Waals surface area contributed by atoms with E-state index in [1.807, 2.05) is 32.0 Å². The van der Waals surface area contributed by atoms with Crippen molar-refractivity contribution in [1.82, 2.24) is 0 Å². The Kier molecular flexibility index (Phi) is 6.47.